The first-order valence-electron chi connectivity index (χ1n) is 7.58. The standard InChI is InChI=1S/C15H18N6O2/c1-2-13-15(23)16-7-8-20(13)14(22)9-11-3-5-12(6-4-11)21-10-17-18-19-21/h3-6,10,13H,2,7-9H2,1H3,(H,16,23). The molecule has 0 spiro atoms. The normalized spacial score (nSPS) is 17.9. The summed E-state index contributed by atoms with van der Waals surface area (Å²) < 4.78 is 1.55. The summed E-state index contributed by atoms with van der Waals surface area (Å²) in [5.74, 6) is -0.0944. The molecule has 2 heterocycles. The van der Waals surface area contributed by atoms with Gasteiger partial charge in [-0.05, 0) is 34.5 Å². The molecule has 0 aliphatic carbocycles. The van der Waals surface area contributed by atoms with E-state index in [4.69, 9.17) is 0 Å². The molecule has 2 amide bonds. The van der Waals surface area contributed by atoms with Gasteiger partial charge in [-0.3, -0.25) is 9.59 Å². The Labute approximate surface area is 133 Å². The van der Waals surface area contributed by atoms with Crippen LogP contribution in [0.2, 0.25) is 0 Å². The number of piperazine rings is 1. The highest BCUT2D eigenvalue weighted by molar-refractivity contribution is 5.89. The molecule has 1 N–H and O–H groups in total. The van der Waals surface area contributed by atoms with Gasteiger partial charge in [-0.1, -0.05) is 19.1 Å². The molecule has 1 aromatic carbocycles. The summed E-state index contributed by atoms with van der Waals surface area (Å²) in [5.41, 5.74) is 1.72. The maximum absolute atomic E-state index is 12.5. The van der Waals surface area contributed by atoms with E-state index in [1.807, 2.05) is 31.2 Å². The predicted molar refractivity (Wildman–Crippen MR) is 81.7 cm³/mol. The van der Waals surface area contributed by atoms with Crippen LogP contribution in [0, 0.1) is 0 Å². The molecule has 8 nitrogen and oxygen atoms in total. The highest BCUT2D eigenvalue weighted by Crippen LogP contribution is 2.13. The highest BCUT2D eigenvalue weighted by Gasteiger charge is 2.31. The number of hydrogen-bond acceptors (Lipinski definition) is 5. The lowest BCUT2D eigenvalue weighted by Gasteiger charge is -2.34. The first kappa shape index (κ1) is 15.1. The number of rotatable bonds is 4. The van der Waals surface area contributed by atoms with E-state index < -0.39 is 0 Å². The molecule has 1 aliphatic rings. The predicted octanol–water partition coefficient (Wildman–Crippen LogP) is -0.0582. The molecule has 1 aromatic heterocycles. The van der Waals surface area contributed by atoms with Crippen LogP contribution < -0.4 is 5.32 Å². The molecular weight excluding hydrogens is 296 g/mol. The molecule has 2 aromatic rings. The summed E-state index contributed by atoms with van der Waals surface area (Å²) >= 11 is 0. The topological polar surface area (TPSA) is 93.0 Å². The maximum atomic E-state index is 12.5. The molecule has 1 saturated heterocycles. The third kappa shape index (κ3) is 3.20. The number of nitrogens with zero attached hydrogens (tertiary/aromatic N) is 5. The summed E-state index contributed by atoms with van der Waals surface area (Å²) in [5, 5.41) is 13.8. The van der Waals surface area contributed by atoms with Gasteiger partial charge in [0.2, 0.25) is 11.8 Å². The van der Waals surface area contributed by atoms with Crippen molar-refractivity contribution in [3.05, 3.63) is 36.2 Å². The van der Waals surface area contributed by atoms with Crippen LogP contribution in [0.1, 0.15) is 18.9 Å². The quantitative estimate of drug-likeness (QED) is 0.853. The van der Waals surface area contributed by atoms with E-state index in [1.165, 1.54) is 6.33 Å². The Hall–Kier alpha value is -2.77. The number of benzene rings is 1. The lowest BCUT2D eigenvalue weighted by Crippen LogP contribution is -2.57. The SMILES string of the molecule is CCC1C(=O)NCCN1C(=O)Cc1ccc(-n2cnnn2)cc1. The average molecular weight is 314 g/mol. The van der Waals surface area contributed by atoms with Crippen molar-refractivity contribution >= 4 is 11.8 Å². The van der Waals surface area contributed by atoms with Gasteiger partial charge >= 0.3 is 0 Å². The van der Waals surface area contributed by atoms with Crippen molar-refractivity contribution in [2.45, 2.75) is 25.8 Å². The number of carbonyl (C=O) groups excluding carboxylic acids is 2. The Morgan fingerprint density at radius 1 is 1.35 bits per heavy atom. The van der Waals surface area contributed by atoms with Gasteiger partial charge in [0.25, 0.3) is 0 Å². The first-order valence-corrected chi connectivity index (χ1v) is 7.58. The van der Waals surface area contributed by atoms with Gasteiger partial charge in [0.15, 0.2) is 0 Å². The van der Waals surface area contributed by atoms with Gasteiger partial charge in [0.1, 0.15) is 12.4 Å². The number of hydrogen-bond donors (Lipinski definition) is 1. The maximum Gasteiger partial charge on any atom is 0.242 e. The number of tetrazole rings is 1. The van der Waals surface area contributed by atoms with E-state index in [2.05, 4.69) is 20.8 Å². The van der Waals surface area contributed by atoms with Gasteiger partial charge < -0.3 is 10.2 Å². The van der Waals surface area contributed by atoms with Gasteiger partial charge in [0, 0.05) is 13.1 Å². The molecule has 0 bridgehead atoms. The average Bonchev–Trinajstić information content (AvgIpc) is 3.09. The third-order valence-corrected chi connectivity index (χ3v) is 3.94. The largest absolute Gasteiger partial charge is 0.353 e. The molecule has 3 rings (SSSR count). The molecule has 0 saturated carbocycles. The summed E-state index contributed by atoms with van der Waals surface area (Å²) in [6, 6.07) is 7.11. The van der Waals surface area contributed by atoms with Crippen molar-refractivity contribution < 1.29 is 9.59 Å². The van der Waals surface area contributed by atoms with Gasteiger partial charge in [-0.2, -0.15) is 0 Å². The van der Waals surface area contributed by atoms with Crippen LogP contribution in [0.25, 0.3) is 5.69 Å². The van der Waals surface area contributed by atoms with Crippen LogP contribution in [-0.2, 0) is 16.0 Å². The van der Waals surface area contributed by atoms with Gasteiger partial charge in [-0.15, -0.1) is 5.10 Å². The Kier molecular flexibility index (Phi) is 4.31. The van der Waals surface area contributed by atoms with E-state index >= 15 is 0 Å². The molecule has 1 fully saturated rings. The second-order valence-corrected chi connectivity index (χ2v) is 5.40. The lowest BCUT2D eigenvalue weighted by molar-refractivity contribution is -0.142. The number of amides is 2. The van der Waals surface area contributed by atoms with Crippen LogP contribution >= 0.6 is 0 Å². The van der Waals surface area contributed by atoms with Crippen molar-refractivity contribution in [3.8, 4) is 5.69 Å². The minimum absolute atomic E-state index is 0.0260. The molecule has 23 heavy (non-hydrogen) atoms. The Morgan fingerprint density at radius 3 is 2.78 bits per heavy atom. The van der Waals surface area contributed by atoms with Crippen molar-refractivity contribution in [2.24, 2.45) is 0 Å². The fourth-order valence-electron chi connectivity index (χ4n) is 2.74. The lowest BCUT2D eigenvalue weighted by atomic mass is 10.1. The minimum atomic E-state index is -0.364. The second-order valence-electron chi connectivity index (χ2n) is 5.40. The molecular formula is C15H18N6O2. The third-order valence-electron chi connectivity index (χ3n) is 3.94. The van der Waals surface area contributed by atoms with Crippen molar-refractivity contribution in [1.82, 2.24) is 30.4 Å². The summed E-state index contributed by atoms with van der Waals surface area (Å²) in [7, 11) is 0. The zero-order chi connectivity index (χ0) is 16.2. The van der Waals surface area contributed by atoms with E-state index in [-0.39, 0.29) is 24.3 Å². The minimum Gasteiger partial charge on any atom is -0.353 e. The van der Waals surface area contributed by atoms with Crippen LogP contribution in [0.4, 0.5) is 0 Å². The summed E-state index contributed by atoms with van der Waals surface area (Å²) in [6.45, 7) is 2.99. The molecule has 1 aliphatic heterocycles. The smallest absolute Gasteiger partial charge is 0.242 e. The second kappa shape index (κ2) is 6.55. The van der Waals surface area contributed by atoms with Gasteiger partial charge in [-0.25, -0.2) is 4.68 Å². The van der Waals surface area contributed by atoms with Crippen molar-refractivity contribution in [2.75, 3.05) is 13.1 Å². The van der Waals surface area contributed by atoms with Crippen LogP contribution in [0.15, 0.2) is 30.6 Å². The monoisotopic (exact) mass is 314 g/mol. The van der Waals surface area contributed by atoms with Crippen molar-refractivity contribution in [3.63, 3.8) is 0 Å². The fraction of sp³-hybridized carbons (Fsp3) is 0.400. The summed E-state index contributed by atoms with van der Waals surface area (Å²) in [6.07, 6.45) is 2.41. The zero-order valence-corrected chi connectivity index (χ0v) is 12.8. The Balaban J connectivity index is 1.69. The van der Waals surface area contributed by atoms with Crippen LogP contribution in [0.5, 0.6) is 0 Å². The molecule has 0 radical (unpaired) electrons. The first-order chi connectivity index (χ1) is 11.2. The molecule has 1 unspecified atom stereocenters. The zero-order valence-electron chi connectivity index (χ0n) is 12.8. The van der Waals surface area contributed by atoms with Crippen LogP contribution in [-0.4, -0.2) is 56.1 Å². The molecule has 1 atom stereocenters. The van der Waals surface area contributed by atoms with Crippen LogP contribution in [0.3, 0.4) is 0 Å². The number of aromatic nitrogens is 4. The fourth-order valence-corrected chi connectivity index (χ4v) is 2.74. The Bertz CT molecular complexity index is 683. The van der Waals surface area contributed by atoms with E-state index in [0.29, 0.717) is 19.5 Å². The van der Waals surface area contributed by atoms with E-state index in [0.717, 1.165) is 11.3 Å². The van der Waals surface area contributed by atoms with E-state index in [1.54, 1.807) is 9.58 Å². The van der Waals surface area contributed by atoms with Crippen molar-refractivity contribution in [1.29, 1.82) is 0 Å². The molecule has 120 valence electrons. The number of carbonyl (C=O) groups is 2. The highest BCUT2D eigenvalue weighted by atomic mass is 16.2. The molecule has 8 heteroatoms. The Morgan fingerprint density at radius 2 is 2.13 bits per heavy atom. The van der Waals surface area contributed by atoms with E-state index in [9.17, 15) is 9.59 Å². The summed E-state index contributed by atoms with van der Waals surface area (Å²) in [4.78, 5) is 26.0. The number of nitrogens with one attached hydrogen (secondary N) is 1. The van der Waals surface area contributed by atoms with Gasteiger partial charge in [0.05, 0.1) is 12.1 Å².